The van der Waals surface area contributed by atoms with Gasteiger partial charge in [-0.1, -0.05) is 19.9 Å². The van der Waals surface area contributed by atoms with E-state index in [1.165, 1.54) is 11.3 Å². The molecule has 0 unspecified atom stereocenters. The van der Waals surface area contributed by atoms with Gasteiger partial charge in [-0.05, 0) is 11.4 Å². The Morgan fingerprint density at radius 3 is 2.79 bits per heavy atom. The second kappa shape index (κ2) is 5.81. The van der Waals surface area contributed by atoms with Crippen LogP contribution < -0.4 is 4.72 Å². The van der Waals surface area contributed by atoms with Crippen molar-refractivity contribution in [2.45, 2.75) is 30.4 Å². The zero-order valence-electron chi connectivity index (χ0n) is 10.7. The molecule has 104 valence electrons. The van der Waals surface area contributed by atoms with Crippen molar-refractivity contribution in [3.05, 3.63) is 29.3 Å². The van der Waals surface area contributed by atoms with Gasteiger partial charge in [0.1, 0.15) is 4.21 Å². The average Bonchev–Trinajstić information content (AvgIpc) is 3.00. The van der Waals surface area contributed by atoms with Gasteiger partial charge < -0.3 is 4.42 Å². The minimum atomic E-state index is -3.42. The molecular weight excluding hydrogens is 286 g/mol. The maximum atomic E-state index is 11.8. The van der Waals surface area contributed by atoms with Crippen molar-refractivity contribution in [2.24, 2.45) is 0 Å². The highest BCUT2D eigenvalue weighted by molar-refractivity contribution is 7.91. The van der Waals surface area contributed by atoms with Crippen LogP contribution >= 0.6 is 11.3 Å². The quantitative estimate of drug-likeness (QED) is 0.879. The summed E-state index contributed by atoms with van der Waals surface area (Å²) in [6, 6.07) is 3.27. The van der Waals surface area contributed by atoms with Gasteiger partial charge >= 0.3 is 0 Å². The molecule has 0 radical (unpaired) electrons. The van der Waals surface area contributed by atoms with Crippen molar-refractivity contribution in [1.29, 1.82) is 0 Å². The molecule has 2 rings (SSSR count). The predicted octanol–water partition coefficient (Wildman–Crippen LogP) is 1.78. The van der Waals surface area contributed by atoms with Gasteiger partial charge in [0, 0.05) is 18.9 Å². The highest BCUT2D eigenvalue weighted by Crippen LogP contribution is 2.15. The van der Waals surface area contributed by atoms with E-state index in [4.69, 9.17) is 4.42 Å². The average molecular weight is 301 g/mol. The summed E-state index contributed by atoms with van der Waals surface area (Å²) in [5.41, 5.74) is 0. The second-order valence-corrected chi connectivity index (χ2v) is 7.21. The van der Waals surface area contributed by atoms with Crippen LogP contribution in [-0.2, 0) is 16.4 Å². The van der Waals surface area contributed by atoms with Crippen LogP contribution in [0, 0.1) is 0 Å². The van der Waals surface area contributed by atoms with E-state index in [0.717, 1.165) is 0 Å². The van der Waals surface area contributed by atoms with Gasteiger partial charge in [-0.3, -0.25) is 0 Å². The van der Waals surface area contributed by atoms with Gasteiger partial charge in [0.15, 0.2) is 0 Å². The zero-order chi connectivity index (χ0) is 13.9. The van der Waals surface area contributed by atoms with E-state index in [0.29, 0.717) is 22.4 Å². The third-order valence-electron chi connectivity index (χ3n) is 2.37. The summed E-state index contributed by atoms with van der Waals surface area (Å²) < 4.78 is 31.9. The van der Waals surface area contributed by atoms with E-state index >= 15 is 0 Å². The molecule has 2 heterocycles. The minimum Gasteiger partial charge on any atom is -0.425 e. The van der Waals surface area contributed by atoms with Gasteiger partial charge in [0.05, 0.1) is 0 Å². The van der Waals surface area contributed by atoms with Gasteiger partial charge in [0.2, 0.25) is 21.8 Å². The number of thiophene rings is 1. The molecule has 1 N–H and O–H groups in total. The molecule has 2 aromatic rings. The number of hydrogen-bond donors (Lipinski definition) is 1. The highest BCUT2D eigenvalue weighted by atomic mass is 32.2. The minimum absolute atomic E-state index is 0.170. The van der Waals surface area contributed by atoms with Crippen molar-refractivity contribution in [2.75, 3.05) is 6.54 Å². The highest BCUT2D eigenvalue weighted by Gasteiger charge is 2.15. The molecule has 2 aromatic heterocycles. The molecule has 6 nitrogen and oxygen atoms in total. The molecule has 0 aliphatic heterocycles. The van der Waals surface area contributed by atoms with Gasteiger partial charge in [-0.15, -0.1) is 21.5 Å². The first-order chi connectivity index (χ1) is 8.99. The maximum absolute atomic E-state index is 11.8. The molecule has 0 aliphatic carbocycles. The Hall–Kier alpha value is -1.25. The van der Waals surface area contributed by atoms with Crippen molar-refractivity contribution >= 4 is 21.4 Å². The van der Waals surface area contributed by atoms with Crippen LogP contribution in [0.4, 0.5) is 0 Å². The molecule has 0 bridgehead atoms. The number of nitrogens with zero attached hydrogens (tertiary/aromatic N) is 2. The number of hydrogen-bond acceptors (Lipinski definition) is 6. The summed E-state index contributed by atoms with van der Waals surface area (Å²) >= 11 is 1.18. The molecule has 0 saturated carbocycles. The van der Waals surface area contributed by atoms with Crippen LogP contribution in [0.1, 0.15) is 31.5 Å². The van der Waals surface area contributed by atoms with E-state index in [9.17, 15) is 8.42 Å². The van der Waals surface area contributed by atoms with Gasteiger partial charge in [-0.25, -0.2) is 13.1 Å². The van der Waals surface area contributed by atoms with Gasteiger partial charge in [0.25, 0.3) is 0 Å². The predicted molar refractivity (Wildman–Crippen MR) is 71.6 cm³/mol. The van der Waals surface area contributed by atoms with Crippen molar-refractivity contribution in [1.82, 2.24) is 14.9 Å². The van der Waals surface area contributed by atoms with E-state index < -0.39 is 10.0 Å². The van der Waals surface area contributed by atoms with E-state index in [-0.39, 0.29) is 12.5 Å². The Morgan fingerprint density at radius 1 is 1.42 bits per heavy atom. The van der Waals surface area contributed by atoms with Crippen LogP contribution in [0.2, 0.25) is 0 Å². The second-order valence-electron chi connectivity index (χ2n) is 4.27. The Morgan fingerprint density at radius 2 is 2.21 bits per heavy atom. The molecule has 0 aliphatic rings. The Kier molecular flexibility index (Phi) is 4.33. The lowest BCUT2D eigenvalue weighted by Gasteiger charge is -2.02. The number of sulfonamides is 1. The summed E-state index contributed by atoms with van der Waals surface area (Å²) in [6.07, 6.45) is 0.379. The number of nitrogens with one attached hydrogen (secondary N) is 1. The van der Waals surface area contributed by atoms with Crippen molar-refractivity contribution < 1.29 is 12.8 Å². The van der Waals surface area contributed by atoms with Crippen LogP contribution in [0.5, 0.6) is 0 Å². The molecule has 0 fully saturated rings. The monoisotopic (exact) mass is 301 g/mol. The fourth-order valence-corrected chi connectivity index (χ4v) is 3.45. The topological polar surface area (TPSA) is 85.1 Å². The Bertz CT molecular complexity index is 617. The Labute approximate surface area is 115 Å². The molecule has 0 saturated heterocycles. The first-order valence-corrected chi connectivity index (χ1v) is 8.21. The number of rotatable bonds is 6. The molecule has 8 heteroatoms. The molecule has 0 atom stereocenters. The smallest absolute Gasteiger partial charge is 0.250 e. The van der Waals surface area contributed by atoms with Crippen LogP contribution in [0.15, 0.2) is 26.1 Å². The molecule has 0 amide bonds. The fourth-order valence-electron chi connectivity index (χ4n) is 1.38. The first kappa shape index (κ1) is 14.2. The first-order valence-electron chi connectivity index (χ1n) is 5.84. The fraction of sp³-hybridized carbons (Fsp3) is 0.455. The van der Waals surface area contributed by atoms with Crippen LogP contribution in [0.3, 0.4) is 0 Å². The van der Waals surface area contributed by atoms with Crippen LogP contribution in [0.25, 0.3) is 0 Å². The van der Waals surface area contributed by atoms with Crippen molar-refractivity contribution in [3.63, 3.8) is 0 Å². The summed E-state index contributed by atoms with van der Waals surface area (Å²) in [5.74, 6) is 1.18. The molecular formula is C11H15N3O3S2. The van der Waals surface area contributed by atoms with E-state index in [1.54, 1.807) is 17.5 Å². The van der Waals surface area contributed by atoms with E-state index in [2.05, 4.69) is 14.9 Å². The summed E-state index contributed by atoms with van der Waals surface area (Å²) in [7, 11) is -3.42. The third kappa shape index (κ3) is 3.62. The largest absolute Gasteiger partial charge is 0.425 e. The lowest BCUT2D eigenvalue weighted by molar-refractivity contribution is 0.431. The maximum Gasteiger partial charge on any atom is 0.250 e. The lowest BCUT2D eigenvalue weighted by Crippen LogP contribution is -2.25. The van der Waals surface area contributed by atoms with E-state index in [1.807, 2.05) is 13.8 Å². The summed E-state index contributed by atoms with van der Waals surface area (Å²) in [5, 5.41) is 9.48. The van der Waals surface area contributed by atoms with Crippen LogP contribution in [-0.4, -0.2) is 25.2 Å². The summed E-state index contributed by atoms with van der Waals surface area (Å²) in [4.78, 5) is 0. The molecule has 0 aromatic carbocycles. The third-order valence-corrected chi connectivity index (χ3v) is 5.23. The standard InChI is InChI=1S/C11H15N3O3S2/c1-8(2)11-14-13-9(17-11)5-6-12-19(15,16)10-4-3-7-18-10/h3-4,7-8,12H,5-6H2,1-2H3. The molecule has 19 heavy (non-hydrogen) atoms. The SMILES string of the molecule is CC(C)c1nnc(CCNS(=O)(=O)c2cccs2)o1. The van der Waals surface area contributed by atoms with Crippen molar-refractivity contribution in [3.8, 4) is 0 Å². The zero-order valence-corrected chi connectivity index (χ0v) is 12.3. The van der Waals surface area contributed by atoms with Gasteiger partial charge in [-0.2, -0.15) is 0 Å². The Balaban J connectivity index is 1.90. The summed E-state index contributed by atoms with van der Waals surface area (Å²) in [6.45, 7) is 4.15. The normalized spacial score (nSPS) is 12.2. The lowest BCUT2D eigenvalue weighted by atomic mass is 10.2. The number of aromatic nitrogens is 2. The molecule has 0 spiro atoms.